The van der Waals surface area contributed by atoms with Crippen molar-refractivity contribution in [1.29, 1.82) is 0 Å². The highest BCUT2D eigenvalue weighted by molar-refractivity contribution is 7.84. The van der Waals surface area contributed by atoms with Crippen molar-refractivity contribution in [2.24, 2.45) is 0 Å². The first-order valence-electron chi connectivity index (χ1n) is 11.8. The highest BCUT2D eigenvalue weighted by Crippen LogP contribution is 2.42. The summed E-state index contributed by atoms with van der Waals surface area (Å²) in [5.74, 6) is -0.0751. The Morgan fingerprint density at radius 2 is 2.05 bits per heavy atom. The summed E-state index contributed by atoms with van der Waals surface area (Å²) in [4.78, 5) is 22.2. The predicted molar refractivity (Wildman–Crippen MR) is 143 cm³/mol. The van der Waals surface area contributed by atoms with Crippen LogP contribution in [0.1, 0.15) is 50.9 Å². The van der Waals surface area contributed by atoms with Gasteiger partial charge in [0.15, 0.2) is 0 Å². The van der Waals surface area contributed by atoms with Crippen molar-refractivity contribution in [3.63, 3.8) is 0 Å². The predicted octanol–water partition coefficient (Wildman–Crippen LogP) is 3.52. The van der Waals surface area contributed by atoms with Gasteiger partial charge in [0.25, 0.3) is 0 Å². The highest BCUT2D eigenvalue weighted by Gasteiger charge is 2.37. The maximum atomic E-state index is 13.6. The molecule has 38 heavy (non-hydrogen) atoms. The number of anilines is 1. The average molecular weight is 600 g/mol. The van der Waals surface area contributed by atoms with Gasteiger partial charge in [-0.3, -0.25) is 8.98 Å². The van der Waals surface area contributed by atoms with Gasteiger partial charge in [-0.15, -0.1) is 11.3 Å². The molecule has 0 saturated heterocycles. The molecule has 3 aromatic rings. The van der Waals surface area contributed by atoms with E-state index in [1.54, 1.807) is 6.07 Å². The van der Waals surface area contributed by atoms with Crippen LogP contribution in [0.4, 0.5) is 5.82 Å². The largest absolute Gasteiger partial charge is 0.390 e. The third-order valence-corrected chi connectivity index (χ3v) is 9.16. The Labute approximate surface area is 233 Å². The molecule has 1 aliphatic heterocycles. The first-order valence-corrected chi connectivity index (χ1v) is 14.7. The van der Waals surface area contributed by atoms with Crippen LogP contribution >= 0.6 is 34.5 Å². The van der Waals surface area contributed by atoms with Gasteiger partial charge in [-0.1, -0.05) is 29.3 Å². The molecular formula is C24H24Cl2N4O6S2. The number of halogens is 2. The van der Waals surface area contributed by atoms with Crippen LogP contribution in [0.15, 0.2) is 36.8 Å². The number of benzene rings is 1. The second-order valence-corrected chi connectivity index (χ2v) is 12.6. The highest BCUT2D eigenvalue weighted by atomic mass is 35.5. The number of thiophene rings is 1. The molecular weight excluding hydrogens is 575 g/mol. The molecule has 3 N–H and O–H groups in total. The number of fused-ring (bicyclic) bond motifs is 1. The number of aromatic nitrogens is 2. The Balaban J connectivity index is 1.37. The molecule has 10 nitrogen and oxygen atoms in total. The molecule has 0 amide bonds. The number of carbonyl (C=O) groups excluding carboxylic acids is 1. The second-order valence-electron chi connectivity index (χ2n) is 8.97. The lowest BCUT2D eigenvalue weighted by Crippen LogP contribution is -2.31. The molecule has 1 fully saturated rings. The molecule has 1 aromatic carbocycles. The molecule has 4 atom stereocenters. The van der Waals surface area contributed by atoms with Gasteiger partial charge in [-0.2, -0.15) is 13.1 Å². The van der Waals surface area contributed by atoms with E-state index in [9.17, 15) is 18.3 Å². The van der Waals surface area contributed by atoms with Crippen LogP contribution in [0, 0.1) is 0 Å². The number of ketones is 1. The van der Waals surface area contributed by atoms with Crippen LogP contribution in [-0.2, 0) is 25.6 Å². The Kier molecular flexibility index (Phi) is 8.04. The van der Waals surface area contributed by atoms with Gasteiger partial charge in [-0.25, -0.2) is 9.97 Å². The van der Waals surface area contributed by atoms with Crippen molar-refractivity contribution >= 4 is 56.4 Å². The van der Waals surface area contributed by atoms with Crippen LogP contribution in [0.2, 0.25) is 9.36 Å². The van der Waals surface area contributed by atoms with Crippen molar-refractivity contribution < 1.29 is 27.2 Å². The number of rotatable bonds is 8. The molecule has 5 rings (SSSR count). The van der Waals surface area contributed by atoms with Crippen LogP contribution in [0.5, 0.6) is 0 Å². The van der Waals surface area contributed by atoms with Gasteiger partial charge >= 0.3 is 10.3 Å². The van der Waals surface area contributed by atoms with Gasteiger partial charge < -0.3 is 15.2 Å². The van der Waals surface area contributed by atoms with Gasteiger partial charge in [0, 0.05) is 29.9 Å². The fraction of sp³-hybridized carbons (Fsp3) is 0.375. The number of ether oxygens (including phenoxy) is 1. The normalized spacial score (nSPS) is 23.3. The summed E-state index contributed by atoms with van der Waals surface area (Å²) in [5, 5.41) is 14.0. The van der Waals surface area contributed by atoms with Crippen LogP contribution in [0.25, 0.3) is 0 Å². The molecule has 0 radical (unpaired) electrons. The minimum Gasteiger partial charge on any atom is -0.390 e. The lowest BCUT2D eigenvalue weighted by Gasteiger charge is -2.26. The lowest BCUT2D eigenvalue weighted by atomic mass is 9.94. The molecule has 1 aliphatic carbocycles. The van der Waals surface area contributed by atoms with Gasteiger partial charge in [-0.05, 0) is 48.6 Å². The number of nitrogens with one attached hydrogen (secondary N) is 2. The number of carbonyl (C=O) groups is 1. The van der Waals surface area contributed by atoms with E-state index in [0.29, 0.717) is 26.4 Å². The standard InChI is InChI=1S/C24H24Cl2N4O6S2/c1-27-38(33,34)36-19-8-14(7-18(19)31)30-24-17(10-28-11-29-24)21(32)20-9-16(23(26)37-20)22-15-6-13(25)3-2-12(15)4-5-35-22/h2-3,6,9-11,14,18-19,22,27,31H,4-5,7-8H2,1H3,(H,28,29,30)/t14-,18+,19-,22?/m1/s1. The second kappa shape index (κ2) is 11.1. The van der Waals surface area contributed by atoms with Gasteiger partial charge in [0.2, 0.25) is 5.78 Å². The molecule has 2 aliphatic rings. The first-order chi connectivity index (χ1) is 18.1. The summed E-state index contributed by atoms with van der Waals surface area (Å²) in [6.07, 6.45) is 1.47. The quantitative estimate of drug-likeness (QED) is 0.332. The van der Waals surface area contributed by atoms with E-state index in [0.717, 1.165) is 28.9 Å². The van der Waals surface area contributed by atoms with Crippen molar-refractivity contribution in [2.45, 2.75) is 43.6 Å². The maximum absolute atomic E-state index is 13.6. The zero-order valence-corrected chi connectivity index (χ0v) is 23.2. The third kappa shape index (κ3) is 5.73. The minimum atomic E-state index is -3.97. The summed E-state index contributed by atoms with van der Waals surface area (Å²) in [5.41, 5.74) is 2.93. The zero-order valence-electron chi connectivity index (χ0n) is 20.1. The summed E-state index contributed by atoms with van der Waals surface area (Å²) in [6.45, 7) is 0.517. The van der Waals surface area contributed by atoms with Crippen molar-refractivity contribution in [3.05, 3.63) is 73.3 Å². The maximum Gasteiger partial charge on any atom is 0.335 e. The molecule has 0 bridgehead atoms. The molecule has 1 saturated carbocycles. The summed E-state index contributed by atoms with van der Waals surface area (Å²) in [6, 6.07) is 7.01. The van der Waals surface area contributed by atoms with E-state index < -0.39 is 28.6 Å². The Morgan fingerprint density at radius 3 is 2.84 bits per heavy atom. The smallest absolute Gasteiger partial charge is 0.335 e. The van der Waals surface area contributed by atoms with Crippen molar-refractivity contribution in [2.75, 3.05) is 19.0 Å². The van der Waals surface area contributed by atoms with Crippen molar-refractivity contribution in [1.82, 2.24) is 14.7 Å². The zero-order chi connectivity index (χ0) is 27.0. The van der Waals surface area contributed by atoms with Gasteiger partial charge in [0.05, 0.1) is 27.5 Å². The van der Waals surface area contributed by atoms with E-state index in [4.69, 9.17) is 32.1 Å². The number of nitrogens with zero attached hydrogens (tertiary/aromatic N) is 2. The molecule has 3 heterocycles. The monoisotopic (exact) mass is 598 g/mol. The van der Waals surface area contributed by atoms with Crippen molar-refractivity contribution in [3.8, 4) is 0 Å². The fourth-order valence-electron chi connectivity index (χ4n) is 4.69. The lowest BCUT2D eigenvalue weighted by molar-refractivity contribution is 0.0636. The number of hydrogen-bond acceptors (Lipinski definition) is 10. The number of aliphatic hydroxyl groups is 1. The van der Waals surface area contributed by atoms with Crippen LogP contribution < -0.4 is 10.0 Å². The summed E-state index contributed by atoms with van der Waals surface area (Å²) < 4.78 is 37.0. The van der Waals surface area contributed by atoms with E-state index >= 15 is 0 Å². The van der Waals surface area contributed by atoms with E-state index in [1.807, 2.05) is 18.2 Å². The summed E-state index contributed by atoms with van der Waals surface area (Å²) in [7, 11) is -2.74. The van der Waals surface area contributed by atoms with Crippen LogP contribution in [-0.4, -0.2) is 61.2 Å². The van der Waals surface area contributed by atoms with E-state index in [2.05, 4.69) is 20.0 Å². The average Bonchev–Trinajstić information content (AvgIpc) is 3.44. The fourth-order valence-corrected chi connectivity index (χ4v) is 6.77. The molecule has 0 spiro atoms. The Hall–Kier alpha value is -2.16. The minimum absolute atomic E-state index is 0.190. The van der Waals surface area contributed by atoms with Gasteiger partial charge in [0.1, 0.15) is 24.4 Å². The Bertz CT molecular complexity index is 1470. The third-order valence-electron chi connectivity index (χ3n) is 6.54. The Morgan fingerprint density at radius 1 is 1.24 bits per heavy atom. The number of aliphatic hydroxyl groups excluding tert-OH is 1. The first kappa shape index (κ1) is 27.4. The van der Waals surface area contributed by atoms with Crippen LogP contribution in [0.3, 0.4) is 0 Å². The molecule has 14 heteroatoms. The SMILES string of the molecule is CNS(=O)(=O)O[C@@H]1C[C@H](Nc2ncncc2C(=O)c2cc(C3OCCc4ccc(Cl)cc43)c(Cl)s2)C[C@@H]1O. The molecule has 202 valence electrons. The molecule has 2 aromatic heterocycles. The van der Waals surface area contributed by atoms with E-state index in [1.165, 1.54) is 19.6 Å². The van der Waals surface area contributed by atoms with E-state index in [-0.39, 0.29) is 36.0 Å². The molecule has 1 unspecified atom stereocenters. The number of hydrogen-bond donors (Lipinski definition) is 3. The topological polar surface area (TPSA) is 140 Å². The summed E-state index contributed by atoms with van der Waals surface area (Å²) >= 11 is 14.0.